The Morgan fingerprint density at radius 1 is 1.35 bits per heavy atom. The SMILES string of the molecule is Cc1ncsc1-c1ccc(Cl)c(S(C)(=O)=O)c1. The average Bonchev–Trinajstić information content (AvgIpc) is 2.63. The molecule has 0 unspecified atom stereocenters. The molecule has 0 amide bonds. The second kappa shape index (κ2) is 4.40. The zero-order valence-electron chi connectivity index (χ0n) is 9.27. The zero-order valence-corrected chi connectivity index (χ0v) is 11.7. The Hall–Kier alpha value is -0.910. The lowest BCUT2D eigenvalue weighted by molar-refractivity contribution is 0.602. The van der Waals surface area contributed by atoms with Gasteiger partial charge in [-0.25, -0.2) is 13.4 Å². The summed E-state index contributed by atoms with van der Waals surface area (Å²) in [4.78, 5) is 5.26. The second-order valence-corrected chi connectivity index (χ2v) is 6.93. The predicted octanol–water partition coefficient (Wildman–Crippen LogP) is 3.18. The van der Waals surface area contributed by atoms with Gasteiger partial charge >= 0.3 is 0 Å². The molecule has 0 radical (unpaired) electrons. The number of thiazole rings is 1. The third-order valence-corrected chi connectivity index (χ3v) is 4.89. The van der Waals surface area contributed by atoms with Crippen LogP contribution in [0.5, 0.6) is 0 Å². The van der Waals surface area contributed by atoms with Crippen LogP contribution in [-0.4, -0.2) is 19.7 Å². The Morgan fingerprint density at radius 3 is 2.59 bits per heavy atom. The summed E-state index contributed by atoms with van der Waals surface area (Å²) in [5.41, 5.74) is 3.45. The molecule has 1 aromatic heterocycles. The van der Waals surface area contributed by atoms with Crippen LogP contribution in [0.3, 0.4) is 0 Å². The van der Waals surface area contributed by atoms with Gasteiger partial charge in [0, 0.05) is 6.26 Å². The van der Waals surface area contributed by atoms with E-state index in [-0.39, 0.29) is 9.92 Å². The molecule has 3 nitrogen and oxygen atoms in total. The van der Waals surface area contributed by atoms with Crippen LogP contribution in [0.4, 0.5) is 0 Å². The van der Waals surface area contributed by atoms with Gasteiger partial charge in [0.2, 0.25) is 0 Å². The normalized spacial score (nSPS) is 11.7. The van der Waals surface area contributed by atoms with Crippen molar-refractivity contribution in [3.63, 3.8) is 0 Å². The third kappa shape index (κ3) is 2.51. The highest BCUT2D eigenvalue weighted by atomic mass is 35.5. The van der Waals surface area contributed by atoms with Crippen molar-refractivity contribution < 1.29 is 8.42 Å². The first-order chi connectivity index (χ1) is 7.89. The van der Waals surface area contributed by atoms with E-state index in [0.29, 0.717) is 0 Å². The summed E-state index contributed by atoms with van der Waals surface area (Å²) in [6.45, 7) is 1.89. The topological polar surface area (TPSA) is 47.0 Å². The molecule has 0 aliphatic carbocycles. The Labute approximate surface area is 109 Å². The lowest BCUT2D eigenvalue weighted by Gasteiger charge is -2.05. The van der Waals surface area contributed by atoms with E-state index < -0.39 is 9.84 Å². The van der Waals surface area contributed by atoms with Crippen molar-refractivity contribution in [2.75, 3.05) is 6.26 Å². The van der Waals surface area contributed by atoms with Gasteiger partial charge in [-0.2, -0.15) is 0 Å². The Balaban J connectivity index is 2.64. The van der Waals surface area contributed by atoms with Crippen LogP contribution in [0, 0.1) is 6.92 Å². The van der Waals surface area contributed by atoms with Gasteiger partial charge in [-0.05, 0) is 24.6 Å². The number of aromatic nitrogens is 1. The number of rotatable bonds is 2. The van der Waals surface area contributed by atoms with Gasteiger partial charge in [-0.15, -0.1) is 11.3 Å². The van der Waals surface area contributed by atoms with Crippen molar-refractivity contribution in [1.29, 1.82) is 0 Å². The lowest BCUT2D eigenvalue weighted by atomic mass is 10.2. The van der Waals surface area contributed by atoms with Crippen molar-refractivity contribution in [2.24, 2.45) is 0 Å². The van der Waals surface area contributed by atoms with E-state index >= 15 is 0 Å². The summed E-state index contributed by atoms with van der Waals surface area (Å²) in [7, 11) is -3.31. The van der Waals surface area contributed by atoms with Crippen LogP contribution in [-0.2, 0) is 9.84 Å². The van der Waals surface area contributed by atoms with Gasteiger partial charge in [-0.3, -0.25) is 0 Å². The maximum atomic E-state index is 11.6. The van der Waals surface area contributed by atoms with Crippen molar-refractivity contribution in [3.8, 4) is 10.4 Å². The molecule has 2 rings (SSSR count). The largest absolute Gasteiger partial charge is 0.249 e. The number of sulfone groups is 1. The van der Waals surface area contributed by atoms with Crippen LogP contribution in [0.2, 0.25) is 5.02 Å². The van der Waals surface area contributed by atoms with Gasteiger partial charge in [0.25, 0.3) is 0 Å². The second-order valence-electron chi connectivity index (χ2n) is 3.68. The Bertz CT molecular complexity index is 662. The number of aryl methyl sites for hydroxylation is 1. The minimum atomic E-state index is -3.31. The summed E-state index contributed by atoms with van der Waals surface area (Å²) in [5, 5.41) is 0.249. The first-order valence-corrected chi connectivity index (χ1v) is 7.94. The third-order valence-electron chi connectivity index (χ3n) is 2.34. The summed E-state index contributed by atoms with van der Waals surface area (Å²) in [6.07, 6.45) is 1.15. The van der Waals surface area contributed by atoms with Crippen LogP contribution in [0.25, 0.3) is 10.4 Å². The predicted molar refractivity (Wildman–Crippen MR) is 70.4 cm³/mol. The van der Waals surface area contributed by atoms with Gasteiger partial charge in [0.15, 0.2) is 9.84 Å². The molecule has 0 aliphatic rings. The van der Waals surface area contributed by atoms with Crippen LogP contribution in [0.1, 0.15) is 5.69 Å². The Kier molecular flexibility index (Phi) is 3.25. The van der Waals surface area contributed by atoms with Crippen molar-refractivity contribution in [3.05, 3.63) is 34.4 Å². The quantitative estimate of drug-likeness (QED) is 0.852. The van der Waals surface area contributed by atoms with Gasteiger partial charge in [0.1, 0.15) is 0 Å². The van der Waals surface area contributed by atoms with Crippen molar-refractivity contribution in [2.45, 2.75) is 11.8 Å². The van der Waals surface area contributed by atoms with E-state index in [9.17, 15) is 8.42 Å². The van der Waals surface area contributed by atoms with Gasteiger partial charge in [0.05, 0.1) is 26.0 Å². The molecular weight excluding hydrogens is 278 g/mol. The molecule has 1 heterocycles. The number of benzene rings is 1. The van der Waals surface area contributed by atoms with E-state index in [1.54, 1.807) is 23.7 Å². The molecule has 0 saturated carbocycles. The Morgan fingerprint density at radius 2 is 2.06 bits per heavy atom. The van der Waals surface area contributed by atoms with Gasteiger partial charge < -0.3 is 0 Å². The number of hydrogen-bond acceptors (Lipinski definition) is 4. The van der Waals surface area contributed by atoms with E-state index in [1.807, 2.05) is 6.92 Å². The molecule has 2 aromatic rings. The smallest absolute Gasteiger partial charge is 0.177 e. The first-order valence-electron chi connectivity index (χ1n) is 4.79. The maximum absolute atomic E-state index is 11.6. The van der Waals surface area contributed by atoms with Crippen molar-refractivity contribution >= 4 is 32.8 Å². The van der Waals surface area contributed by atoms with Crippen LogP contribution < -0.4 is 0 Å². The molecule has 6 heteroatoms. The molecule has 90 valence electrons. The molecule has 0 N–H and O–H groups in total. The maximum Gasteiger partial charge on any atom is 0.177 e. The molecule has 0 atom stereocenters. The molecule has 0 fully saturated rings. The summed E-state index contributed by atoms with van der Waals surface area (Å²) >= 11 is 7.37. The molecule has 0 saturated heterocycles. The summed E-state index contributed by atoms with van der Waals surface area (Å²) in [6, 6.07) is 5.00. The first kappa shape index (κ1) is 12.5. The highest BCUT2D eigenvalue weighted by molar-refractivity contribution is 7.90. The standard InChI is InChI=1S/C11H10ClNO2S2/c1-7-11(16-6-13-7)8-3-4-9(12)10(5-8)17(2,14)15/h3-6H,1-2H3. The molecule has 0 bridgehead atoms. The fraction of sp³-hybridized carbons (Fsp3) is 0.182. The monoisotopic (exact) mass is 287 g/mol. The highest BCUT2D eigenvalue weighted by Gasteiger charge is 2.14. The fourth-order valence-electron chi connectivity index (χ4n) is 1.51. The van der Waals surface area contributed by atoms with E-state index in [4.69, 9.17) is 11.6 Å². The molecule has 1 aromatic carbocycles. The van der Waals surface area contributed by atoms with Crippen LogP contribution in [0.15, 0.2) is 28.6 Å². The minimum Gasteiger partial charge on any atom is -0.249 e. The zero-order chi connectivity index (χ0) is 12.6. The van der Waals surface area contributed by atoms with E-state index in [0.717, 1.165) is 22.4 Å². The number of nitrogens with zero attached hydrogens (tertiary/aromatic N) is 1. The summed E-state index contributed by atoms with van der Waals surface area (Å²) in [5.74, 6) is 0. The molecule has 0 aliphatic heterocycles. The minimum absolute atomic E-state index is 0.157. The van der Waals surface area contributed by atoms with Crippen molar-refractivity contribution in [1.82, 2.24) is 4.98 Å². The number of hydrogen-bond donors (Lipinski definition) is 0. The fourth-order valence-corrected chi connectivity index (χ4v) is 3.61. The average molecular weight is 288 g/mol. The lowest BCUT2D eigenvalue weighted by Crippen LogP contribution is -1.98. The van der Waals surface area contributed by atoms with E-state index in [2.05, 4.69) is 4.98 Å². The van der Waals surface area contributed by atoms with Crippen LogP contribution >= 0.6 is 22.9 Å². The molecular formula is C11H10ClNO2S2. The highest BCUT2D eigenvalue weighted by Crippen LogP contribution is 2.31. The molecule has 0 spiro atoms. The molecule has 17 heavy (non-hydrogen) atoms. The van der Waals surface area contributed by atoms with Gasteiger partial charge in [-0.1, -0.05) is 17.7 Å². The van der Waals surface area contributed by atoms with E-state index in [1.165, 1.54) is 11.3 Å². The number of halogens is 1. The summed E-state index contributed by atoms with van der Waals surface area (Å²) < 4.78 is 23.1.